The smallest absolute Gasteiger partial charge is 0.305 e. The molecule has 4 aromatic carbocycles. The molecule has 0 bridgehead atoms. The number of hydrogen-bond donors (Lipinski definition) is 0. The Labute approximate surface area is 253 Å². The van der Waals surface area contributed by atoms with Crippen molar-refractivity contribution in [2.75, 3.05) is 6.61 Å². The zero-order valence-electron chi connectivity index (χ0n) is 24.3. The molecule has 7 nitrogen and oxygen atoms in total. The minimum absolute atomic E-state index is 0.197. The maximum Gasteiger partial charge on any atom is 0.305 e. The van der Waals surface area contributed by atoms with Crippen molar-refractivity contribution in [1.29, 1.82) is 0 Å². The predicted molar refractivity (Wildman–Crippen MR) is 162 cm³/mol. The van der Waals surface area contributed by atoms with Crippen LogP contribution in [0.25, 0.3) is 0 Å². The Bertz CT molecular complexity index is 1350. The Morgan fingerprint density at radius 1 is 0.558 bits per heavy atom. The molecule has 4 aromatic rings. The summed E-state index contributed by atoms with van der Waals surface area (Å²) in [5, 5.41) is 0. The monoisotopic (exact) mass is 582 g/mol. The summed E-state index contributed by atoms with van der Waals surface area (Å²) in [5.41, 5.74) is 4.02. The van der Waals surface area contributed by atoms with Crippen LogP contribution in [-0.4, -0.2) is 43.3 Å². The molecule has 1 saturated heterocycles. The second-order valence-corrected chi connectivity index (χ2v) is 10.4. The lowest BCUT2D eigenvalue weighted by Crippen LogP contribution is -2.62. The molecule has 1 aliphatic rings. The highest BCUT2D eigenvalue weighted by atomic mass is 16.7. The number of esters is 1. The van der Waals surface area contributed by atoms with Crippen molar-refractivity contribution in [2.24, 2.45) is 0 Å². The second-order valence-electron chi connectivity index (χ2n) is 10.4. The van der Waals surface area contributed by atoms with Crippen LogP contribution in [0.1, 0.15) is 29.2 Å². The summed E-state index contributed by atoms with van der Waals surface area (Å²) in [7, 11) is 0. The van der Waals surface area contributed by atoms with Gasteiger partial charge in [-0.15, -0.1) is 0 Å². The van der Waals surface area contributed by atoms with Gasteiger partial charge in [0.2, 0.25) is 6.29 Å². The van der Waals surface area contributed by atoms with Crippen molar-refractivity contribution in [1.82, 2.24) is 0 Å². The van der Waals surface area contributed by atoms with Crippen molar-refractivity contribution in [3.05, 3.63) is 144 Å². The molecular weight excluding hydrogens is 544 g/mol. The highest BCUT2D eigenvalue weighted by molar-refractivity contribution is 5.66. The maximum atomic E-state index is 12.3. The SMILES string of the molecule is CC(=O)O[C@@H]1O[C@H](COCc2ccccc2)[C@@H](OCc2ccccc2)[C@H](OCc2ccccc2)[C@H]1OCc1ccccc1. The lowest BCUT2D eigenvalue weighted by molar-refractivity contribution is -0.320. The van der Waals surface area contributed by atoms with E-state index in [9.17, 15) is 4.79 Å². The van der Waals surface area contributed by atoms with Gasteiger partial charge in [0.15, 0.2) is 0 Å². The molecule has 43 heavy (non-hydrogen) atoms. The quantitative estimate of drug-likeness (QED) is 0.163. The van der Waals surface area contributed by atoms with Crippen LogP contribution in [0.3, 0.4) is 0 Å². The molecule has 0 saturated carbocycles. The van der Waals surface area contributed by atoms with E-state index in [0.29, 0.717) is 19.8 Å². The molecule has 1 fully saturated rings. The Hall–Kier alpha value is -3.85. The van der Waals surface area contributed by atoms with E-state index in [-0.39, 0.29) is 13.2 Å². The van der Waals surface area contributed by atoms with Gasteiger partial charge in [0.05, 0.1) is 33.0 Å². The molecule has 5 rings (SSSR count). The molecule has 0 amide bonds. The fraction of sp³-hybridized carbons (Fsp3) is 0.306. The summed E-state index contributed by atoms with van der Waals surface area (Å²) in [5.74, 6) is -0.479. The van der Waals surface area contributed by atoms with E-state index in [4.69, 9.17) is 28.4 Å². The van der Waals surface area contributed by atoms with E-state index in [1.54, 1.807) is 0 Å². The van der Waals surface area contributed by atoms with Gasteiger partial charge in [0.1, 0.15) is 24.4 Å². The maximum absolute atomic E-state index is 12.3. The molecule has 0 aromatic heterocycles. The van der Waals surface area contributed by atoms with Crippen LogP contribution < -0.4 is 0 Å². The number of rotatable bonds is 14. The lowest BCUT2D eigenvalue weighted by atomic mass is 9.97. The first-order valence-corrected chi connectivity index (χ1v) is 14.6. The third kappa shape index (κ3) is 9.32. The largest absolute Gasteiger partial charge is 0.433 e. The van der Waals surface area contributed by atoms with Crippen LogP contribution in [0.5, 0.6) is 0 Å². The van der Waals surface area contributed by atoms with Gasteiger partial charge in [-0.25, -0.2) is 0 Å². The first-order valence-electron chi connectivity index (χ1n) is 14.6. The first-order chi connectivity index (χ1) is 21.2. The summed E-state index contributed by atoms with van der Waals surface area (Å²) < 4.78 is 37.9. The Kier molecular flexibility index (Phi) is 11.5. The van der Waals surface area contributed by atoms with Gasteiger partial charge in [-0.2, -0.15) is 0 Å². The molecule has 0 N–H and O–H groups in total. The average molecular weight is 583 g/mol. The second kappa shape index (κ2) is 16.1. The van der Waals surface area contributed by atoms with E-state index in [1.807, 2.05) is 121 Å². The molecule has 7 heteroatoms. The van der Waals surface area contributed by atoms with Crippen LogP contribution in [0, 0.1) is 0 Å². The molecule has 1 aliphatic heterocycles. The fourth-order valence-electron chi connectivity index (χ4n) is 5.01. The van der Waals surface area contributed by atoms with E-state index in [2.05, 4.69) is 0 Å². The van der Waals surface area contributed by atoms with E-state index >= 15 is 0 Å². The number of hydrogen-bond acceptors (Lipinski definition) is 7. The van der Waals surface area contributed by atoms with Crippen molar-refractivity contribution >= 4 is 5.97 Å². The number of carbonyl (C=O) groups is 1. The van der Waals surface area contributed by atoms with Crippen molar-refractivity contribution in [2.45, 2.75) is 64.1 Å². The van der Waals surface area contributed by atoms with Crippen LogP contribution in [0.2, 0.25) is 0 Å². The first kappa shape index (κ1) is 30.6. The van der Waals surface area contributed by atoms with Gasteiger partial charge in [0, 0.05) is 6.92 Å². The third-order valence-electron chi connectivity index (χ3n) is 7.12. The topological polar surface area (TPSA) is 72.5 Å². The molecule has 0 spiro atoms. The number of benzene rings is 4. The molecule has 0 radical (unpaired) electrons. The van der Waals surface area contributed by atoms with Crippen molar-refractivity contribution in [3.8, 4) is 0 Å². The summed E-state index contributed by atoms with van der Waals surface area (Å²) in [4.78, 5) is 12.3. The average Bonchev–Trinajstić information content (AvgIpc) is 3.04. The van der Waals surface area contributed by atoms with Crippen LogP contribution >= 0.6 is 0 Å². The predicted octanol–water partition coefficient (Wildman–Crippen LogP) is 6.25. The number of carbonyl (C=O) groups excluding carboxylic acids is 1. The summed E-state index contributed by atoms with van der Waals surface area (Å²) >= 11 is 0. The van der Waals surface area contributed by atoms with Crippen LogP contribution in [-0.2, 0) is 59.6 Å². The molecule has 5 atom stereocenters. The Morgan fingerprint density at radius 2 is 0.953 bits per heavy atom. The Morgan fingerprint density at radius 3 is 1.40 bits per heavy atom. The highest BCUT2D eigenvalue weighted by Gasteiger charge is 2.50. The van der Waals surface area contributed by atoms with Gasteiger partial charge < -0.3 is 28.4 Å². The standard InChI is InChI=1S/C36H38O7/c1-27(37)42-36-35(41-25-31-20-12-5-13-21-31)34(40-24-30-18-10-4-11-19-30)33(39-23-29-16-8-3-9-17-29)32(43-36)26-38-22-28-14-6-2-7-15-28/h2-21,32-36H,22-26H2,1H3/t32-,33-,34+,35-,36-/m1/s1. The highest BCUT2D eigenvalue weighted by Crippen LogP contribution is 2.31. The summed E-state index contributed by atoms with van der Waals surface area (Å²) in [6.07, 6.45) is -3.62. The van der Waals surface area contributed by atoms with Gasteiger partial charge in [-0.3, -0.25) is 4.79 Å². The normalized spacial score (nSPS) is 21.7. The van der Waals surface area contributed by atoms with Gasteiger partial charge in [0.25, 0.3) is 0 Å². The van der Waals surface area contributed by atoms with Gasteiger partial charge >= 0.3 is 5.97 Å². The molecule has 0 unspecified atom stereocenters. The number of ether oxygens (including phenoxy) is 6. The minimum atomic E-state index is -1.02. The zero-order chi connectivity index (χ0) is 29.7. The molecular formula is C36H38O7. The van der Waals surface area contributed by atoms with Crippen molar-refractivity contribution < 1.29 is 33.2 Å². The van der Waals surface area contributed by atoms with Gasteiger partial charge in [-0.05, 0) is 22.3 Å². The summed E-state index contributed by atoms with van der Waals surface area (Å²) in [6.45, 7) is 2.87. The van der Waals surface area contributed by atoms with Crippen molar-refractivity contribution in [3.63, 3.8) is 0 Å². The van der Waals surface area contributed by atoms with Crippen LogP contribution in [0.15, 0.2) is 121 Å². The molecule has 224 valence electrons. The Balaban J connectivity index is 1.42. The zero-order valence-corrected chi connectivity index (χ0v) is 24.3. The van der Waals surface area contributed by atoms with E-state index in [1.165, 1.54) is 6.92 Å². The molecule has 1 heterocycles. The fourth-order valence-corrected chi connectivity index (χ4v) is 5.01. The lowest BCUT2D eigenvalue weighted by Gasteiger charge is -2.45. The van der Waals surface area contributed by atoms with Crippen LogP contribution in [0.4, 0.5) is 0 Å². The summed E-state index contributed by atoms with van der Waals surface area (Å²) in [6, 6.07) is 39.6. The van der Waals surface area contributed by atoms with E-state index < -0.39 is 36.7 Å². The third-order valence-corrected chi connectivity index (χ3v) is 7.12. The minimum Gasteiger partial charge on any atom is -0.433 e. The van der Waals surface area contributed by atoms with Gasteiger partial charge in [-0.1, -0.05) is 121 Å². The van der Waals surface area contributed by atoms with E-state index in [0.717, 1.165) is 22.3 Å². The molecule has 0 aliphatic carbocycles.